The fourth-order valence-corrected chi connectivity index (χ4v) is 5.58. The van der Waals surface area contributed by atoms with E-state index in [1.54, 1.807) is 0 Å². The molecule has 0 amide bonds. The molecular formula is C15H24O. The van der Waals surface area contributed by atoms with Crippen LogP contribution >= 0.6 is 0 Å². The third-order valence-electron chi connectivity index (χ3n) is 6.68. The molecule has 3 aliphatic carbocycles. The minimum Gasteiger partial charge on any atom is -0.369 e. The van der Waals surface area contributed by atoms with Crippen LogP contribution in [0.2, 0.25) is 0 Å². The van der Waals surface area contributed by atoms with Crippen LogP contribution in [0.1, 0.15) is 46.5 Å². The molecule has 1 saturated heterocycles. The van der Waals surface area contributed by atoms with Crippen LogP contribution in [-0.4, -0.2) is 12.2 Å². The first-order valence-corrected chi connectivity index (χ1v) is 7.20. The Bertz CT molecular complexity index is 328. The summed E-state index contributed by atoms with van der Waals surface area (Å²) in [6.07, 6.45) is 5.72. The fourth-order valence-electron chi connectivity index (χ4n) is 5.58. The Morgan fingerprint density at radius 3 is 2.50 bits per heavy atom. The number of ether oxygens (including phenoxy) is 1. The van der Waals surface area contributed by atoms with Gasteiger partial charge in [0, 0.05) is 0 Å². The number of rotatable bonds is 0. The molecule has 0 aromatic rings. The zero-order valence-corrected chi connectivity index (χ0v) is 10.8. The SMILES string of the molecule is C[C@H]1CCC2C1[C@@H]1[C@H](CCC23CO3)C1(C)C. The smallest absolute Gasteiger partial charge is 0.0947 e. The molecule has 0 N–H and O–H groups in total. The highest BCUT2D eigenvalue weighted by Gasteiger charge is 2.70. The number of hydrogen-bond acceptors (Lipinski definition) is 1. The molecule has 4 rings (SSSR count). The van der Waals surface area contributed by atoms with E-state index in [-0.39, 0.29) is 0 Å². The van der Waals surface area contributed by atoms with Gasteiger partial charge in [-0.05, 0) is 54.3 Å². The molecule has 6 atom stereocenters. The third-order valence-corrected chi connectivity index (χ3v) is 6.68. The molecule has 1 heteroatoms. The zero-order valence-electron chi connectivity index (χ0n) is 10.8. The average Bonchev–Trinajstić information content (AvgIpc) is 3.07. The van der Waals surface area contributed by atoms with Gasteiger partial charge in [-0.3, -0.25) is 0 Å². The molecule has 90 valence electrons. The second kappa shape index (κ2) is 2.68. The van der Waals surface area contributed by atoms with Crippen LogP contribution in [0, 0.1) is 35.0 Å². The van der Waals surface area contributed by atoms with Crippen molar-refractivity contribution in [2.24, 2.45) is 35.0 Å². The number of hydrogen-bond donors (Lipinski definition) is 0. The maximum absolute atomic E-state index is 5.92. The van der Waals surface area contributed by atoms with Gasteiger partial charge in [-0.15, -0.1) is 0 Å². The number of epoxide rings is 1. The van der Waals surface area contributed by atoms with Crippen LogP contribution < -0.4 is 0 Å². The highest BCUT2D eigenvalue weighted by atomic mass is 16.6. The molecule has 4 aliphatic rings. The maximum Gasteiger partial charge on any atom is 0.0947 e. The Labute approximate surface area is 98.9 Å². The molecule has 0 bridgehead atoms. The molecule has 3 saturated carbocycles. The van der Waals surface area contributed by atoms with Crippen LogP contribution in [0.25, 0.3) is 0 Å². The van der Waals surface area contributed by atoms with Crippen LogP contribution in [-0.2, 0) is 4.74 Å². The van der Waals surface area contributed by atoms with Gasteiger partial charge >= 0.3 is 0 Å². The molecule has 0 radical (unpaired) electrons. The molecule has 4 fully saturated rings. The Hall–Kier alpha value is -0.0400. The summed E-state index contributed by atoms with van der Waals surface area (Å²) in [4.78, 5) is 0. The van der Waals surface area contributed by atoms with Crippen molar-refractivity contribution in [3.05, 3.63) is 0 Å². The van der Waals surface area contributed by atoms with Crippen molar-refractivity contribution in [2.45, 2.75) is 52.1 Å². The predicted octanol–water partition coefficient (Wildman–Crippen LogP) is 3.48. The van der Waals surface area contributed by atoms with E-state index in [1.165, 1.54) is 25.7 Å². The van der Waals surface area contributed by atoms with Gasteiger partial charge in [0.05, 0.1) is 12.2 Å². The summed E-state index contributed by atoms with van der Waals surface area (Å²) in [6, 6.07) is 0. The molecule has 1 spiro atoms. The van der Waals surface area contributed by atoms with E-state index < -0.39 is 0 Å². The summed E-state index contributed by atoms with van der Waals surface area (Å²) in [5, 5.41) is 0. The third kappa shape index (κ3) is 1.02. The van der Waals surface area contributed by atoms with E-state index in [0.29, 0.717) is 11.0 Å². The van der Waals surface area contributed by atoms with Crippen LogP contribution in [0.3, 0.4) is 0 Å². The Morgan fingerprint density at radius 1 is 1.06 bits per heavy atom. The summed E-state index contributed by atoms with van der Waals surface area (Å²) in [5.41, 5.74) is 1.02. The monoisotopic (exact) mass is 220 g/mol. The summed E-state index contributed by atoms with van der Waals surface area (Å²) in [7, 11) is 0. The average molecular weight is 220 g/mol. The van der Waals surface area contributed by atoms with Crippen LogP contribution in [0.15, 0.2) is 0 Å². The first-order chi connectivity index (χ1) is 7.56. The van der Waals surface area contributed by atoms with Crippen molar-refractivity contribution in [1.82, 2.24) is 0 Å². The Kier molecular flexibility index (Phi) is 1.67. The lowest BCUT2D eigenvalue weighted by Crippen LogP contribution is -2.30. The summed E-state index contributed by atoms with van der Waals surface area (Å²) >= 11 is 0. The van der Waals surface area contributed by atoms with Crippen molar-refractivity contribution in [3.8, 4) is 0 Å². The van der Waals surface area contributed by atoms with Crippen molar-refractivity contribution >= 4 is 0 Å². The first kappa shape index (κ1) is 9.94. The van der Waals surface area contributed by atoms with Crippen molar-refractivity contribution in [2.75, 3.05) is 6.61 Å². The Balaban J connectivity index is 1.71. The topological polar surface area (TPSA) is 12.5 Å². The molecule has 16 heavy (non-hydrogen) atoms. The predicted molar refractivity (Wildman–Crippen MR) is 64.1 cm³/mol. The minimum absolute atomic E-state index is 0.374. The zero-order chi connectivity index (χ0) is 11.1. The lowest BCUT2D eigenvalue weighted by Gasteiger charge is -2.28. The van der Waals surface area contributed by atoms with Gasteiger partial charge in [0.1, 0.15) is 0 Å². The molecular weight excluding hydrogens is 196 g/mol. The van der Waals surface area contributed by atoms with Crippen LogP contribution in [0.5, 0.6) is 0 Å². The highest BCUT2D eigenvalue weighted by molar-refractivity contribution is 5.18. The molecule has 1 heterocycles. The van der Waals surface area contributed by atoms with Gasteiger partial charge in [-0.1, -0.05) is 27.2 Å². The van der Waals surface area contributed by atoms with Gasteiger partial charge in [0.15, 0.2) is 0 Å². The molecule has 1 nitrogen and oxygen atoms in total. The van der Waals surface area contributed by atoms with Gasteiger partial charge in [0.2, 0.25) is 0 Å². The van der Waals surface area contributed by atoms with Gasteiger partial charge in [-0.2, -0.15) is 0 Å². The van der Waals surface area contributed by atoms with E-state index in [9.17, 15) is 0 Å². The quantitative estimate of drug-likeness (QED) is 0.569. The fraction of sp³-hybridized carbons (Fsp3) is 1.00. The highest BCUT2D eigenvalue weighted by Crippen LogP contribution is 2.72. The van der Waals surface area contributed by atoms with Crippen molar-refractivity contribution in [3.63, 3.8) is 0 Å². The molecule has 1 aliphatic heterocycles. The maximum atomic E-state index is 5.92. The lowest BCUT2D eigenvalue weighted by atomic mass is 9.76. The largest absolute Gasteiger partial charge is 0.369 e. The molecule has 3 unspecified atom stereocenters. The van der Waals surface area contributed by atoms with Crippen molar-refractivity contribution in [1.29, 1.82) is 0 Å². The van der Waals surface area contributed by atoms with Crippen LogP contribution in [0.4, 0.5) is 0 Å². The van der Waals surface area contributed by atoms with Gasteiger partial charge < -0.3 is 4.74 Å². The molecule has 0 aromatic heterocycles. The normalized spacial score (nSPS) is 61.3. The number of fused-ring (bicyclic) bond motifs is 4. The van der Waals surface area contributed by atoms with Crippen molar-refractivity contribution < 1.29 is 4.74 Å². The second-order valence-electron chi connectivity index (χ2n) is 7.58. The lowest BCUT2D eigenvalue weighted by molar-refractivity contribution is 0.141. The summed E-state index contributed by atoms with van der Waals surface area (Å²) in [6.45, 7) is 8.60. The van der Waals surface area contributed by atoms with E-state index >= 15 is 0 Å². The minimum atomic E-state index is 0.374. The first-order valence-electron chi connectivity index (χ1n) is 7.20. The summed E-state index contributed by atoms with van der Waals surface area (Å²) in [5.74, 6) is 4.91. The van der Waals surface area contributed by atoms with E-state index in [0.717, 1.165) is 36.2 Å². The molecule has 0 aromatic carbocycles. The summed E-state index contributed by atoms with van der Waals surface area (Å²) < 4.78 is 5.92. The van der Waals surface area contributed by atoms with E-state index in [1.807, 2.05) is 0 Å². The van der Waals surface area contributed by atoms with Gasteiger partial charge in [0.25, 0.3) is 0 Å². The van der Waals surface area contributed by atoms with E-state index in [4.69, 9.17) is 4.74 Å². The standard InChI is InChI=1S/C15H24O/c1-9-4-5-10-12(9)13-11(14(13,2)3)6-7-15(10)8-16-15/h9-13H,4-8H2,1-3H3/t9-,10?,11-,12?,13-,15?/m0/s1. The Morgan fingerprint density at radius 2 is 1.81 bits per heavy atom. The van der Waals surface area contributed by atoms with Gasteiger partial charge in [-0.25, -0.2) is 0 Å². The van der Waals surface area contributed by atoms with E-state index in [2.05, 4.69) is 20.8 Å². The second-order valence-corrected chi connectivity index (χ2v) is 7.58.